The summed E-state index contributed by atoms with van der Waals surface area (Å²) in [6, 6.07) is 5.13. The maximum absolute atomic E-state index is 13.7. The zero-order valence-corrected chi connectivity index (χ0v) is 13.5. The van der Waals surface area contributed by atoms with Gasteiger partial charge in [0.2, 0.25) is 0 Å². The number of allylic oxidation sites excluding steroid dienone is 1. The molecule has 24 heavy (non-hydrogen) atoms. The molecule has 1 aromatic heterocycles. The van der Waals surface area contributed by atoms with Gasteiger partial charge in [0.25, 0.3) is 0 Å². The number of hydrogen-bond donors (Lipinski definition) is 3. The van der Waals surface area contributed by atoms with Gasteiger partial charge in [-0.3, -0.25) is 0 Å². The van der Waals surface area contributed by atoms with Gasteiger partial charge < -0.3 is 16.5 Å². The van der Waals surface area contributed by atoms with E-state index in [4.69, 9.17) is 11.1 Å². The molecule has 0 radical (unpaired) electrons. The first kappa shape index (κ1) is 16.5. The minimum Gasteiger partial charge on any atom is -0.388 e. The standard InChI is InChI=1S/C18H22FN5/c19-15-4-1-5-16-18(15)23-11-17(24-16)13(9-21)10-22-14-7-12(8-14)3-2-6-20/h1,4-5,9-12,14,21-22H,2-3,6-8,20H2/b13-10+,21-9?. The maximum atomic E-state index is 13.7. The van der Waals surface area contributed by atoms with Crippen molar-refractivity contribution in [2.24, 2.45) is 11.7 Å². The largest absolute Gasteiger partial charge is 0.388 e. The molecule has 1 aromatic carbocycles. The van der Waals surface area contributed by atoms with Gasteiger partial charge >= 0.3 is 0 Å². The molecule has 1 saturated carbocycles. The molecule has 3 rings (SSSR count). The minimum atomic E-state index is -0.386. The lowest BCUT2D eigenvalue weighted by Crippen LogP contribution is -2.38. The van der Waals surface area contributed by atoms with Crippen LogP contribution in [0.1, 0.15) is 31.4 Å². The molecule has 0 saturated heterocycles. The van der Waals surface area contributed by atoms with E-state index in [0.29, 0.717) is 22.8 Å². The van der Waals surface area contributed by atoms with E-state index in [2.05, 4.69) is 15.3 Å². The molecule has 0 atom stereocenters. The molecule has 2 aromatic rings. The molecule has 0 aliphatic heterocycles. The molecule has 1 fully saturated rings. The summed E-state index contributed by atoms with van der Waals surface area (Å²) in [6.07, 6.45) is 9.11. The van der Waals surface area contributed by atoms with E-state index in [1.165, 1.54) is 24.9 Å². The summed E-state index contributed by atoms with van der Waals surface area (Å²) in [7, 11) is 0. The SMILES string of the molecule is N=C/C(=C\NC1CC(CCCN)C1)c1cnc2c(F)cccc2n1. The monoisotopic (exact) mass is 327 g/mol. The molecule has 126 valence electrons. The second-order valence-electron chi connectivity index (χ2n) is 6.24. The second-order valence-corrected chi connectivity index (χ2v) is 6.24. The maximum Gasteiger partial charge on any atom is 0.151 e. The number of nitrogens with zero attached hydrogens (tertiary/aromatic N) is 2. The normalized spacial score (nSPS) is 20.7. The van der Waals surface area contributed by atoms with Crippen LogP contribution >= 0.6 is 0 Å². The van der Waals surface area contributed by atoms with Gasteiger partial charge in [-0.2, -0.15) is 0 Å². The molecule has 1 aliphatic carbocycles. The second kappa shape index (κ2) is 7.49. The number of para-hydroxylation sites is 1. The summed E-state index contributed by atoms with van der Waals surface area (Å²) in [5, 5.41) is 11.0. The number of rotatable bonds is 7. The minimum absolute atomic E-state index is 0.250. The van der Waals surface area contributed by atoms with Crippen molar-refractivity contribution < 1.29 is 4.39 Å². The first-order valence-electron chi connectivity index (χ1n) is 8.29. The van der Waals surface area contributed by atoms with Crippen LogP contribution in [0.25, 0.3) is 16.6 Å². The molecule has 6 heteroatoms. The van der Waals surface area contributed by atoms with Gasteiger partial charge in [0.1, 0.15) is 5.52 Å². The van der Waals surface area contributed by atoms with Crippen molar-refractivity contribution in [2.75, 3.05) is 6.54 Å². The van der Waals surface area contributed by atoms with Gasteiger partial charge in [-0.25, -0.2) is 14.4 Å². The van der Waals surface area contributed by atoms with Gasteiger partial charge in [-0.1, -0.05) is 6.07 Å². The van der Waals surface area contributed by atoms with Crippen LogP contribution in [0.3, 0.4) is 0 Å². The van der Waals surface area contributed by atoms with E-state index in [1.807, 2.05) is 6.20 Å². The van der Waals surface area contributed by atoms with Gasteiger partial charge in [-0.15, -0.1) is 0 Å². The van der Waals surface area contributed by atoms with Crippen LogP contribution in [0.5, 0.6) is 0 Å². The highest BCUT2D eigenvalue weighted by Crippen LogP contribution is 2.31. The molecule has 0 bridgehead atoms. The average Bonchev–Trinajstić information content (AvgIpc) is 2.56. The van der Waals surface area contributed by atoms with E-state index in [0.717, 1.165) is 31.7 Å². The lowest BCUT2D eigenvalue weighted by atomic mass is 9.77. The smallest absolute Gasteiger partial charge is 0.151 e. The summed E-state index contributed by atoms with van der Waals surface area (Å²) in [4.78, 5) is 8.54. The van der Waals surface area contributed by atoms with Crippen LogP contribution in [0.4, 0.5) is 4.39 Å². The van der Waals surface area contributed by atoms with Crippen molar-refractivity contribution in [1.29, 1.82) is 5.41 Å². The Morgan fingerprint density at radius 3 is 3.00 bits per heavy atom. The summed E-state index contributed by atoms with van der Waals surface area (Å²) >= 11 is 0. The number of nitrogens with two attached hydrogens (primary N) is 1. The first-order chi connectivity index (χ1) is 11.7. The Kier molecular flexibility index (Phi) is 5.15. The molecule has 5 nitrogen and oxygen atoms in total. The summed E-state index contributed by atoms with van der Waals surface area (Å²) in [5.74, 6) is 0.370. The van der Waals surface area contributed by atoms with Gasteiger partial charge in [0.05, 0.1) is 17.4 Å². The summed E-state index contributed by atoms with van der Waals surface area (Å²) in [5.41, 5.74) is 7.48. The topological polar surface area (TPSA) is 87.7 Å². The molecular formula is C18H22FN5. The van der Waals surface area contributed by atoms with Crippen LogP contribution in [0.2, 0.25) is 0 Å². The van der Waals surface area contributed by atoms with Crippen LogP contribution in [0.15, 0.2) is 30.6 Å². The van der Waals surface area contributed by atoms with Gasteiger partial charge in [-0.05, 0) is 50.3 Å². The lowest BCUT2D eigenvalue weighted by molar-refractivity contribution is 0.223. The van der Waals surface area contributed by atoms with Crippen molar-refractivity contribution >= 4 is 22.8 Å². The summed E-state index contributed by atoms with van der Waals surface area (Å²) < 4.78 is 13.7. The fourth-order valence-corrected chi connectivity index (χ4v) is 3.06. The van der Waals surface area contributed by atoms with Crippen LogP contribution in [-0.4, -0.2) is 28.8 Å². The lowest BCUT2D eigenvalue weighted by Gasteiger charge is -2.35. The molecule has 4 N–H and O–H groups in total. The average molecular weight is 327 g/mol. The Bertz CT molecular complexity index is 752. The number of nitrogens with one attached hydrogen (secondary N) is 2. The highest BCUT2D eigenvalue weighted by atomic mass is 19.1. The van der Waals surface area contributed by atoms with Crippen molar-refractivity contribution in [2.45, 2.75) is 31.7 Å². The predicted molar refractivity (Wildman–Crippen MR) is 94.2 cm³/mol. The quantitative estimate of drug-likeness (QED) is 0.682. The van der Waals surface area contributed by atoms with Crippen molar-refractivity contribution in [3.8, 4) is 0 Å². The third-order valence-electron chi connectivity index (χ3n) is 4.50. The van der Waals surface area contributed by atoms with E-state index >= 15 is 0 Å². The van der Waals surface area contributed by atoms with E-state index in [9.17, 15) is 4.39 Å². The van der Waals surface area contributed by atoms with E-state index < -0.39 is 0 Å². The Morgan fingerprint density at radius 1 is 1.42 bits per heavy atom. The van der Waals surface area contributed by atoms with E-state index in [1.54, 1.807) is 12.1 Å². The fraction of sp³-hybridized carbons (Fsp3) is 0.389. The van der Waals surface area contributed by atoms with Crippen molar-refractivity contribution in [3.05, 3.63) is 42.1 Å². The Hall–Kier alpha value is -2.34. The molecule has 1 heterocycles. The zero-order chi connectivity index (χ0) is 16.9. The molecule has 0 unspecified atom stereocenters. The number of hydrogen-bond acceptors (Lipinski definition) is 5. The number of fused-ring (bicyclic) bond motifs is 1. The van der Waals surface area contributed by atoms with E-state index in [-0.39, 0.29) is 11.3 Å². The Morgan fingerprint density at radius 2 is 2.25 bits per heavy atom. The highest BCUT2D eigenvalue weighted by Gasteiger charge is 2.27. The van der Waals surface area contributed by atoms with Gasteiger partial charge in [0, 0.05) is 24.0 Å². The zero-order valence-electron chi connectivity index (χ0n) is 13.5. The van der Waals surface area contributed by atoms with Gasteiger partial charge in [0.15, 0.2) is 5.82 Å². The fourth-order valence-electron chi connectivity index (χ4n) is 3.06. The van der Waals surface area contributed by atoms with Crippen LogP contribution in [0, 0.1) is 17.1 Å². The number of halogens is 1. The van der Waals surface area contributed by atoms with Crippen molar-refractivity contribution in [3.63, 3.8) is 0 Å². The Labute approximate surface area is 140 Å². The van der Waals surface area contributed by atoms with Crippen molar-refractivity contribution in [1.82, 2.24) is 15.3 Å². The van der Waals surface area contributed by atoms with Crippen LogP contribution in [-0.2, 0) is 0 Å². The third-order valence-corrected chi connectivity index (χ3v) is 4.50. The molecular weight excluding hydrogens is 305 g/mol. The molecule has 0 amide bonds. The first-order valence-corrected chi connectivity index (χ1v) is 8.29. The third kappa shape index (κ3) is 3.59. The Balaban J connectivity index is 1.67. The number of aromatic nitrogens is 2. The number of benzene rings is 1. The summed E-state index contributed by atoms with van der Waals surface area (Å²) in [6.45, 7) is 0.758. The predicted octanol–water partition coefficient (Wildman–Crippen LogP) is 2.87. The van der Waals surface area contributed by atoms with Crippen LogP contribution < -0.4 is 11.1 Å². The molecule has 1 aliphatic rings. The molecule has 0 spiro atoms. The highest BCUT2D eigenvalue weighted by molar-refractivity contribution is 6.07.